The van der Waals surface area contributed by atoms with Gasteiger partial charge in [-0.05, 0) is 44.1 Å². The average Bonchev–Trinajstić information content (AvgIpc) is 3.06. The highest BCUT2D eigenvalue weighted by Gasteiger charge is 2.33. The topological polar surface area (TPSA) is 78.5 Å². The number of amides is 3. The molecule has 1 saturated heterocycles. The Labute approximate surface area is 146 Å². The number of rotatable bonds is 5. The predicted octanol–water partition coefficient (Wildman–Crippen LogP) is 1.63. The maximum Gasteiger partial charge on any atom is 0.262 e. The summed E-state index contributed by atoms with van der Waals surface area (Å²) < 4.78 is 0. The molecule has 0 spiro atoms. The first-order chi connectivity index (χ1) is 11.4. The van der Waals surface area contributed by atoms with Gasteiger partial charge in [-0.2, -0.15) is 0 Å². The Hall–Kier alpha value is -1.89. The van der Waals surface area contributed by atoms with Crippen molar-refractivity contribution in [2.24, 2.45) is 5.92 Å². The Kier molecular flexibility index (Phi) is 6.36. The van der Waals surface area contributed by atoms with Gasteiger partial charge in [0.15, 0.2) is 0 Å². The van der Waals surface area contributed by atoms with Crippen LogP contribution in [0, 0.1) is 5.92 Å². The fourth-order valence-electron chi connectivity index (χ4n) is 2.94. The molecule has 1 unspecified atom stereocenters. The summed E-state index contributed by atoms with van der Waals surface area (Å²) in [5.74, 6) is -0.290. The van der Waals surface area contributed by atoms with Gasteiger partial charge < -0.3 is 15.5 Å². The number of thiophene rings is 1. The largest absolute Gasteiger partial charge is 0.352 e. The minimum Gasteiger partial charge on any atom is -0.352 e. The molecule has 1 atom stereocenters. The lowest BCUT2D eigenvalue weighted by Crippen LogP contribution is -2.54. The normalized spacial score (nSPS) is 16.8. The first-order valence-corrected chi connectivity index (χ1v) is 9.16. The van der Waals surface area contributed by atoms with Crippen molar-refractivity contribution in [3.8, 4) is 0 Å². The van der Waals surface area contributed by atoms with Crippen molar-refractivity contribution in [3.05, 3.63) is 22.4 Å². The van der Waals surface area contributed by atoms with Crippen molar-refractivity contribution < 1.29 is 14.4 Å². The van der Waals surface area contributed by atoms with Crippen LogP contribution in [0.15, 0.2) is 17.5 Å². The van der Waals surface area contributed by atoms with Crippen LogP contribution in [0.5, 0.6) is 0 Å². The fraction of sp³-hybridized carbons (Fsp3) is 0.588. The number of carbonyl (C=O) groups excluding carboxylic acids is 3. The van der Waals surface area contributed by atoms with Gasteiger partial charge in [-0.25, -0.2) is 0 Å². The molecule has 3 amide bonds. The van der Waals surface area contributed by atoms with Crippen LogP contribution in [-0.4, -0.2) is 47.8 Å². The fourth-order valence-corrected chi connectivity index (χ4v) is 3.57. The zero-order valence-electron chi connectivity index (χ0n) is 14.4. The summed E-state index contributed by atoms with van der Waals surface area (Å²) in [4.78, 5) is 38.8. The molecule has 0 radical (unpaired) electrons. The smallest absolute Gasteiger partial charge is 0.262 e. The Morgan fingerprint density at radius 1 is 1.21 bits per heavy atom. The third-order valence-corrected chi connectivity index (χ3v) is 5.07. The van der Waals surface area contributed by atoms with E-state index in [0.29, 0.717) is 30.8 Å². The molecule has 1 fully saturated rings. The summed E-state index contributed by atoms with van der Waals surface area (Å²) in [6, 6.07) is 3.00. The molecule has 7 heteroatoms. The first kappa shape index (κ1) is 18.4. The predicted molar refractivity (Wildman–Crippen MR) is 93.8 cm³/mol. The van der Waals surface area contributed by atoms with Crippen LogP contribution in [0.1, 0.15) is 43.3 Å². The van der Waals surface area contributed by atoms with Crippen molar-refractivity contribution in [1.29, 1.82) is 0 Å². The van der Waals surface area contributed by atoms with E-state index in [1.165, 1.54) is 11.3 Å². The molecule has 1 aromatic rings. The van der Waals surface area contributed by atoms with Gasteiger partial charge in [-0.1, -0.05) is 6.07 Å². The molecule has 1 aromatic heterocycles. The van der Waals surface area contributed by atoms with Gasteiger partial charge in [0.25, 0.3) is 5.91 Å². The Bertz CT molecular complexity index is 578. The first-order valence-electron chi connectivity index (χ1n) is 8.28. The lowest BCUT2D eigenvalue weighted by Gasteiger charge is -2.35. The minimum atomic E-state index is -0.573. The number of hydrogen-bond donors (Lipinski definition) is 2. The van der Waals surface area contributed by atoms with Crippen molar-refractivity contribution in [2.45, 2.75) is 45.7 Å². The molecule has 0 aliphatic carbocycles. The number of likely N-dealkylation sites (tertiary alicyclic amines) is 1. The second-order valence-electron chi connectivity index (χ2n) is 6.44. The third-order valence-electron chi connectivity index (χ3n) is 4.20. The zero-order valence-corrected chi connectivity index (χ0v) is 15.2. The highest BCUT2D eigenvalue weighted by Crippen LogP contribution is 2.22. The van der Waals surface area contributed by atoms with Crippen molar-refractivity contribution >= 4 is 29.1 Å². The highest BCUT2D eigenvalue weighted by atomic mass is 32.1. The van der Waals surface area contributed by atoms with Gasteiger partial charge in [0, 0.05) is 26.1 Å². The summed E-state index contributed by atoms with van der Waals surface area (Å²) in [5.41, 5.74) is 0. The number of piperidine rings is 1. The molecule has 6 nitrogen and oxygen atoms in total. The van der Waals surface area contributed by atoms with Crippen LogP contribution in [0.3, 0.4) is 0 Å². The van der Waals surface area contributed by atoms with E-state index < -0.39 is 6.04 Å². The van der Waals surface area contributed by atoms with E-state index in [4.69, 9.17) is 0 Å². The maximum atomic E-state index is 12.6. The van der Waals surface area contributed by atoms with Crippen molar-refractivity contribution in [3.63, 3.8) is 0 Å². The molecule has 24 heavy (non-hydrogen) atoms. The molecule has 0 saturated carbocycles. The molecule has 1 aliphatic heterocycles. The lowest BCUT2D eigenvalue weighted by atomic mass is 9.88. The maximum absolute atomic E-state index is 12.6. The van der Waals surface area contributed by atoms with Gasteiger partial charge in [0.1, 0.15) is 6.04 Å². The number of hydrogen-bond acceptors (Lipinski definition) is 4. The summed E-state index contributed by atoms with van der Waals surface area (Å²) in [5, 5.41) is 7.63. The van der Waals surface area contributed by atoms with E-state index in [0.717, 1.165) is 0 Å². The number of nitrogens with one attached hydrogen (secondary N) is 2. The molecule has 2 N–H and O–H groups in total. The summed E-state index contributed by atoms with van der Waals surface area (Å²) >= 11 is 1.35. The number of nitrogens with zero attached hydrogens (tertiary/aromatic N) is 1. The second kappa shape index (κ2) is 8.28. The highest BCUT2D eigenvalue weighted by molar-refractivity contribution is 7.12. The van der Waals surface area contributed by atoms with E-state index in [-0.39, 0.29) is 29.7 Å². The molecular formula is C17H25N3O3S. The van der Waals surface area contributed by atoms with Crippen LogP contribution in [0.4, 0.5) is 0 Å². The average molecular weight is 351 g/mol. The molecule has 0 aromatic carbocycles. The standard InChI is InChI=1S/C17H25N3O3S/c1-11(2)18-17(23)15(19-16(22)14-5-4-10-24-14)13-6-8-20(9-7-13)12(3)21/h4-5,10-11,13,15H,6-9H2,1-3H3,(H,18,23)(H,19,22). The van der Waals surface area contributed by atoms with E-state index in [2.05, 4.69) is 10.6 Å². The van der Waals surface area contributed by atoms with Gasteiger partial charge in [-0.3, -0.25) is 14.4 Å². The zero-order chi connectivity index (χ0) is 17.7. The molecule has 1 aliphatic rings. The van der Waals surface area contributed by atoms with Crippen LogP contribution in [0.25, 0.3) is 0 Å². The SMILES string of the molecule is CC(=O)N1CCC(C(NC(=O)c2cccs2)C(=O)NC(C)C)CC1. The summed E-state index contributed by atoms with van der Waals surface area (Å²) in [6.07, 6.45) is 1.42. The van der Waals surface area contributed by atoms with Gasteiger partial charge in [0.2, 0.25) is 11.8 Å². The molecule has 2 heterocycles. The van der Waals surface area contributed by atoms with E-state index >= 15 is 0 Å². The van der Waals surface area contributed by atoms with E-state index in [9.17, 15) is 14.4 Å². The number of carbonyl (C=O) groups is 3. The third kappa shape index (κ3) is 4.80. The summed E-state index contributed by atoms with van der Waals surface area (Å²) in [7, 11) is 0. The summed E-state index contributed by atoms with van der Waals surface area (Å²) in [6.45, 7) is 6.60. The van der Waals surface area contributed by atoms with Crippen LogP contribution >= 0.6 is 11.3 Å². The monoisotopic (exact) mass is 351 g/mol. The van der Waals surface area contributed by atoms with E-state index in [1.54, 1.807) is 17.9 Å². The molecule has 2 rings (SSSR count). The molecular weight excluding hydrogens is 326 g/mol. The van der Waals surface area contributed by atoms with Gasteiger partial charge in [-0.15, -0.1) is 11.3 Å². The minimum absolute atomic E-state index is 0.0101. The second-order valence-corrected chi connectivity index (χ2v) is 7.38. The lowest BCUT2D eigenvalue weighted by molar-refractivity contribution is -0.130. The van der Waals surface area contributed by atoms with E-state index in [1.807, 2.05) is 25.3 Å². The Balaban J connectivity index is 2.07. The van der Waals surface area contributed by atoms with Gasteiger partial charge >= 0.3 is 0 Å². The van der Waals surface area contributed by atoms with Crippen LogP contribution < -0.4 is 10.6 Å². The van der Waals surface area contributed by atoms with Crippen LogP contribution in [-0.2, 0) is 9.59 Å². The Morgan fingerprint density at radius 2 is 1.88 bits per heavy atom. The quantitative estimate of drug-likeness (QED) is 0.846. The van der Waals surface area contributed by atoms with Crippen LogP contribution in [0.2, 0.25) is 0 Å². The van der Waals surface area contributed by atoms with Crippen molar-refractivity contribution in [1.82, 2.24) is 15.5 Å². The molecule has 132 valence electrons. The van der Waals surface area contributed by atoms with Crippen molar-refractivity contribution in [2.75, 3.05) is 13.1 Å². The molecule has 0 bridgehead atoms. The van der Waals surface area contributed by atoms with Gasteiger partial charge in [0.05, 0.1) is 4.88 Å². The Morgan fingerprint density at radius 3 is 2.38 bits per heavy atom.